The fourth-order valence-electron chi connectivity index (χ4n) is 7.30. The van der Waals surface area contributed by atoms with Crippen molar-refractivity contribution in [2.75, 3.05) is 0 Å². The molecule has 5 aromatic carbocycles. The second-order valence-corrected chi connectivity index (χ2v) is 13.3. The minimum absolute atomic E-state index is 0.00857. The molecule has 0 spiro atoms. The second kappa shape index (κ2) is 11.8. The van der Waals surface area contributed by atoms with Crippen molar-refractivity contribution < 1.29 is 0 Å². The van der Waals surface area contributed by atoms with E-state index in [4.69, 9.17) is 4.99 Å². The molecule has 3 heterocycles. The van der Waals surface area contributed by atoms with Gasteiger partial charge in [0.1, 0.15) is 0 Å². The Bertz CT molecular complexity index is 2510. The first-order chi connectivity index (χ1) is 23.7. The molecule has 0 bridgehead atoms. The average Bonchev–Trinajstić information content (AvgIpc) is 3.69. The molecule has 5 heteroatoms. The number of hydrogen-bond acceptors (Lipinski definition) is 3. The summed E-state index contributed by atoms with van der Waals surface area (Å²) < 4.78 is 4.92. The second-order valence-electron chi connectivity index (χ2n) is 12.3. The molecule has 9 rings (SSSR count). The van der Waals surface area contributed by atoms with Crippen molar-refractivity contribution in [3.05, 3.63) is 199 Å². The number of benzene rings is 5. The zero-order valence-corrected chi connectivity index (χ0v) is 27.0. The van der Waals surface area contributed by atoms with E-state index in [0.29, 0.717) is 4.53 Å². The largest absolute Gasteiger partial charge is 0.309 e. The smallest absolute Gasteiger partial charge is 0.271 e. The highest BCUT2D eigenvalue weighted by Crippen LogP contribution is 2.41. The number of para-hydroxylation sites is 1. The summed E-state index contributed by atoms with van der Waals surface area (Å²) in [5.74, 6) is 0. The van der Waals surface area contributed by atoms with Crippen LogP contribution in [-0.2, 0) is 6.42 Å². The summed E-state index contributed by atoms with van der Waals surface area (Å²) in [7, 11) is 0. The van der Waals surface area contributed by atoms with Crippen LogP contribution in [0.4, 0.5) is 0 Å². The zero-order valence-electron chi connectivity index (χ0n) is 26.2. The number of aryl methyl sites for hydroxylation is 1. The van der Waals surface area contributed by atoms with Gasteiger partial charge in [-0.1, -0.05) is 145 Å². The first kappa shape index (κ1) is 28.4. The van der Waals surface area contributed by atoms with Crippen LogP contribution in [0.2, 0.25) is 0 Å². The van der Waals surface area contributed by atoms with Gasteiger partial charge in [0.15, 0.2) is 4.80 Å². The predicted molar refractivity (Wildman–Crippen MR) is 196 cm³/mol. The molecule has 4 nitrogen and oxygen atoms in total. The van der Waals surface area contributed by atoms with Crippen molar-refractivity contribution in [1.29, 1.82) is 0 Å². The lowest BCUT2D eigenvalue weighted by Crippen LogP contribution is -2.38. The minimum Gasteiger partial charge on any atom is -0.309 e. The van der Waals surface area contributed by atoms with Gasteiger partial charge in [0.2, 0.25) is 0 Å². The van der Waals surface area contributed by atoms with E-state index < -0.39 is 0 Å². The Hall–Kier alpha value is -5.78. The number of allylic oxidation sites excluding steroid dienone is 1. The maximum Gasteiger partial charge on any atom is 0.271 e. The number of aromatic nitrogens is 2. The number of rotatable bonds is 5. The maximum absolute atomic E-state index is 14.7. The van der Waals surface area contributed by atoms with E-state index in [9.17, 15) is 4.79 Å². The summed E-state index contributed by atoms with van der Waals surface area (Å²) >= 11 is 1.48. The van der Waals surface area contributed by atoms with Gasteiger partial charge in [0.05, 0.1) is 27.7 Å². The third-order valence-electron chi connectivity index (χ3n) is 9.44. The molecule has 2 aliphatic rings. The molecule has 7 aromatic rings. The Morgan fingerprint density at radius 2 is 1.31 bits per heavy atom. The van der Waals surface area contributed by atoms with Gasteiger partial charge in [-0.25, -0.2) is 4.99 Å². The van der Waals surface area contributed by atoms with Crippen LogP contribution in [0.15, 0.2) is 167 Å². The monoisotopic (exact) mass is 637 g/mol. The van der Waals surface area contributed by atoms with Crippen LogP contribution in [-0.4, -0.2) is 9.13 Å². The highest BCUT2D eigenvalue weighted by atomic mass is 32.1. The molecule has 0 N–H and O–H groups in total. The maximum atomic E-state index is 14.7. The normalized spacial score (nSPS) is 15.4. The topological polar surface area (TPSA) is 39.3 Å². The van der Waals surface area contributed by atoms with Gasteiger partial charge in [-0.3, -0.25) is 9.36 Å². The summed E-state index contributed by atoms with van der Waals surface area (Å²) in [5.41, 5.74) is 12.2. The molecule has 1 aliphatic carbocycles. The number of thiazole rings is 1. The van der Waals surface area contributed by atoms with Gasteiger partial charge in [-0.05, 0) is 64.9 Å². The summed E-state index contributed by atoms with van der Waals surface area (Å²) in [6.45, 7) is 0. The molecule has 230 valence electrons. The zero-order chi connectivity index (χ0) is 32.0. The van der Waals surface area contributed by atoms with Crippen molar-refractivity contribution in [3.8, 4) is 28.2 Å². The minimum atomic E-state index is -0.199. The molecule has 1 atom stereocenters. The highest BCUT2D eigenvalue weighted by molar-refractivity contribution is 7.07. The van der Waals surface area contributed by atoms with Crippen molar-refractivity contribution in [2.45, 2.75) is 18.9 Å². The van der Waals surface area contributed by atoms with E-state index >= 15 is 0 Å². The summed E-state index contributed by atoms with van der Waals surface area (Å²) in [6.07, 6.45) is 3.89. The van der Waals surface area contributed by atoms with Gasteiger partial charge in [0, 0.05) is 16.8 Å². The Kier molecular flexibility index (Phi) is 6.98. The average molecular weight is 638 g/mol. The predicted octanol–water partition coefficient (Wildman–Crippen LogP) is 8.44. The lowest BCUT2D eigenvalue weighted by atomic mass is 9.83. The van der Waals surface area contributed by atoms with Gasteiger partial charge in [-0.2, -0.15) is 0 Å². The van der Waals surface area contributed by atoms with Gasteiger partial charge >= 0.3 is 0 Å². The lowest BCUT2D eigenvalue weighted by Gasteiger charge is -2.30. The van der Waals surface area contributed by atoms with E-state index in [2.05, 4.69) is 138 Å². The lowest BCUT2D eigenvalue weighted by molar-refractivity contribution is 0.585. The summed E-state index contributed by atoms with van der Waals surface area (Å²) in [4.78, 5) is 20.6. The molecule has 0 radical (unpaired) electrons. The van der Waals surface area contributed by atoms with E-state index in [1.807, 2.05) is 28.8 Å². The van der Waals surface area contributed by atoms with Crippen LogP contribution >= 0.6 is 11.3 Å². The molecule has 0 unspecified atom stereocenters. The van der Waals surface area contributed by atoms with Crippen molar-refractivity contribution in [2.24, 2.45) is 4.99 Å². The molecule has 48 heavy (non-hydrogen) atoms. The first-order valence-electron chi connectivity index (χ1n) is 16.3. The van der Waals surface area contributed by atoms with Crippen LogP contribution < -0.4 is 14.9 Å². The van der Waals surface area contributed by atoms with Gasteiger partial charge in [0.25, 0.3) is 5.56 Å². The molecule has 0 fully saturated rings. The van der Waals surface area contributed by atoms with Crippen molar-refractivity contribution in [1.82, 2.24) is 9.13 Å². The highest BCUT2D eigenvalue weighted by Gasteiger charge is 2.32. The third-order valence-corrected chi connectivity index (χ3v) is 10.4. The fourth-order valence-corrected chi connectivity index (χ4v) is 8.29. The number of nitrogens with zero attached hydrogens (tertiary/aromatic N) is 3. The fraction of sp³-hybridized carbons (Fsp3) is 0.0698. The Morgan fingerprint density at radius 1 is 0.688 bits per heavy atom. The SMILES string of the molecule is O=c1/c(=C\c2cc(-c3ccccc3)n(-c3ccccc3)c2-c2ccccc2)sc2n1[C@H](c1ccccc1)C1=C(N=2)c2ccccc2CC1. The van der Waals surface area contributed by atoms with E-state index in [-0.39, 0.29) is 11.6 Å². The van der Waals surface area contributed by atoms with E-state index in [1.54, 1.807) is 0 Å². The first-order valence-corrected chi connectivity index (χ1v) is 17.2. The van der Waals surface area contributed by atoms with E-state index in [1.165, 1.54) is 28.0 Å². The Balaban J connectivity index is 1.32. The van der Waals surface area contributed by atoms with Crippen LogP contribution in [0.5, 0.6) is 0 Å². The van der Waals surface area contributed by atoms with Crippen LogP contribution in [0.25, 0.3) is 40.0 Å². The molecule has 0 amide bonds. The third kappa shape index (κ3) is 4.74. The quantitative estimate of drug-likeness (QED) is 0.187. The van der Waals surface area contributed by atoms with Gasteiger partial charge in [-0.15, -0.1) is 0 Å². The summed E-state index contributed by atoms with van der Waals surface area (Å²) in [5, 5.41) is 0. The summed E-state index contributed by atoms with van der Waals surface area (Å²) in [6, 6.07) is 52.4. The molecule has 0 saturated carbocycles. The van der Waals surface area contributed by atoms with Crippen LogP contribution in [0.3, 0.4) is 0 Å². The Labute approximate surface area is 282 Å². The standard InChI is InChI=1S/C43H31N3OS/c47-42-38(48-43-44-39-35-24-14-13-15-29(35)25-26-36(39)41(46(42)43)32-20-9-3-10-21-32)28-33-27-37(30-16-5-1-6-17-30)45(34-22-11-4-12-23-34)40(33)31-18-7-2-8-19-31/h1-24,27-28,41H,25-26H2/b38-28+/t41-/m1/s1. The van der Waals surface area contributed by atoms with Gasteiger partial charge < -0.3 is 4.57 Å². The Morgan fingerprint density at radius 3 is 2.04 bits per heavy atom. The molecular formula is C43H31N3OS. The van der Waals surface area contributed by atoms with Crippen LogP contribution in [0, 0.1) is 0 Å². The van der Waals surface area contributed by atoms with E-state index in [0.717, 1.165) is 62.7 Å². The van der Waals surface area contributed by atoms with Crippen molar-refractivity contribution >= 4 is 23.1 Å². The molecular weight excluding hydrogens is 607 g/mol. The molecule has 1 aliphatic heterocycles. The number of fused-ring (bicyclic) bond motifs is 3. The molecule has 2 aromatic heterocycles. The van der Waals surface area contributed by atoms with Crippen molar-refractivity contribution in [3.63, 3.8) is 0 Å². The van der Waals surface area contributed by atoms with Crippen LogP contribution in [0.1, 0.15) is 34.7 Å². The number of hydrogen-bond donors (Lipinski definition) is 0. The molecule has 0 saturated heterocycles.